The van der Waals surface area contributed by atoms with Crippen molar-refractivity contribution in [1.82, 2.24) is 5.32 Å². The summed E-state index contributed by atoms with van der Waals surface area (Å²) in [7, 11) is 1.35. The van der Waals surface area contributed by atoms with Crippen molar-refractivity contribution in [2.75, 3.05) is 19.0 Å². The van der Waals surface area contributed by atoms with Crippen LogP contribution in [0.1, 0.15) is 12.8 Å². The van der Waals surface area contributed by atoms with E-state index in [1.165, 1.54) is 25.3 Å². The summed E-state index contributed by atoms with van der Waals surface area (Å²) in [6, 6.07) is 3.98. The van der Waals surface area contributed by atoms with E-state index in [9.17, 15) is 9.18 Å². The normalized spacial score (nSPS) is 9.84. The topological polar surface area (TPSA) is 50.4 Å². The number of methoxy groups -OCH3 is 1. The van der Waals surface area contributed by atoms with E-state index in [0.717, 1.165) is 0 Å². The lowest BCUT2D eigenvalue weighted by molar-refractivity contribution is -0.140. The number of nitrogens with one attached hydrogen (secondary N) is 2. The number of thiocarbonyl (C=S) groups is 1. The maximum atomic E-state index is 12.8. The van der Waals surface area contributed by atoms with Gasteiger partial charge in [0.05, 0.1) is 17.8 Å². The second-order valence-electron chi connectivity index (χ2n) is 3.68. The molecule has 1 rings (SSSR count). The van der Waals surface area contributed by atoms with Crippen LogP contribution in [-0.2, 0) is 9.53 Å². The second-order valence-corrected chi connectivity index (χ2v) is 4.50. The molecule has 0 saturated carbocycles. The highest BCUT2D eigenvalue weighted by molar-refractivity contribution is 7.80. The first-order valence-electron chi connectivity index (χ1n) is 5.59. The lowest BCUT2D eigenvalue weighted by Gasteiger charge is -2.11. The Morgan fingerprint density at radius 2 is 2.26 bits per heavy atom. The molecular formula is C12H14ClFN2O2S. The molecule has 0 aliphatic heterocycles. The quantitative estimate of drug-likeness (QED) is 0.498. The van der Waals surface area contributed by atoms with E-state index in [2.05, 4.69) is 15.4 Å². The summed E-state index contributed by atoms with van der Waals surface area (Å²) in [5.41, 5.74) is 0.522. The monoisotopic (exact) mass is 304 g/mol. The van der Waals surface area contributed by atoms with Gasteiger partial charge in [0.15, 0.2) is 5.11 Å². The minimum Gasteiger partial charge on any atom is -0.469 e. The molecular weight excluding hydrogens is 291 g/mol. The summed E-state index contributed by atoms with van der Waals surface area (Å²) in [6.45, 7) is 0.528. The molecule has 0 aliphatic carbocycles. The molecule has 0 bridgehead atoms. The zero-order valence-electron chi connectivity index (χ0n) is 10.3. The zero-order valence-corrected chi connectivity index (χ0v) is 11.9. The molecule has 0 spiro atoms. The van der Waals surface area contributed by atoms with Crippen LogP contribution in [0.5, 0.6) is 0 Å². The number of hydrogen-bond donors (Lipinski definition) is 2. The Kier molecular flexibility index (Phi) is 6.52. The number of hydrogen-bond acceptors (Lipinski definition) is 3. The van der Waals surface area contributed by atoms with Crippen LogP contribution < -0.4 is 10.6 Å². The van der Waals surface area contributed by atoms with E-state index < -0.39 is 5.82 Å². The van der Waals surface area contributed by atoms with Crippen molar-refractivity contribution in [3.05, 3.63) is 29.0 Å². The molecule has 104 valence electrons. The average Bonchev–Trinajstić information content (AvgIpc) is 2.37. The second kappa shape index (κ2) is 7.91. The SMILES string of the molecule is COC(=O)CCCNC(=S)Nc1ccc(F)cc1Cl. The van der Waals surface area contributed by atoms with Crippen molar-refractivity contribution >= 4 is 40.6 Å². The van der Waals surface area contributed by atoms with Crippen LogP contribution in [0.2, 0.25) is 5.02 Å². The Morgan fingerprint density at radius 1 is 1.53 bits per heavy atom. The number of anilines is 1. The lowest BCUT2D eigenvalue weighted by Crippen LogP contribution is -2.29. The fourth-order valence-electron chi connectivity index (χ4n) is 1.29. The van der Waals surface area contributed by atoms with Gasteiger partial charge in [-0.05, 0) is 36.8 Å². The van der Waals surface area contributed by atoms with Crippen molar-refractivity contribution in [2.45, 2.75) is 12.8 Å². The van der Waals surface area contributed by atoms with E-state index in [1.54, 1.807) is 0 Å². The van der Waals surface area contributed by atoms with Crippen LogP contribution >= 0.6 is 23.8 Å². The molecule has 19 heavy (non-hydrogen) atoms. The van der Waals surface area contributed by atoms with Crippen molar-refractivity contribution in [1.29, 1.82) is 0 Å². The fourth-order valence-corrected chi connectivity index (χ4v) is 1.72. The van der Waals surface area contributed by atoms with Crippen LogP contribution in [0.25, 0.3) is 0 Å². The summed E-state index contributed by atoms with van der Waals surface area (Å²) >= 11 is 10.9. The number of carbonyl (C=O) groups excluding carboxylic acids is 1. The van der Waals surface area contributed by atoms with E-state index in [4.69, 9.17) is 23.8 Å². The molecule has 0 saturated heterocycles. The molecule has 4 nitrogen and oxygen atoms in total. The van der Waals surface area contributed by atoms with Gasteiger partial charge < -0.3 is 15.4 Å². The van der Waals surface area contributed by atoms with Gasteiger partial charge in [0.2, 0.25) is 0 Å². The summed E-state index contributed by atoms with van der Waals surface area (Å²) in [4.78, 5) is 10.9. The van der Waals surface area contributed by atoms with Crippen LogP contribution in [0.15, 0.2) is 18.2 Å². The largest absolute Gasteiger partial charge is 0.469 e. The molecule has 0 unspecified atom stereocenters. The predicted octanol–water partition coefficient (Wildman–Crippen LogP) is 2.72. The summed E-state index contributed by atoms with van der Waals surface area (Å²) in [5.74, 6) is -0.672. The van der Waals surface area contributed by atoms with Crippen LogP contribution in [-0.4, -0.2) is 24.7 Å². The van der Waals surface area contributed by atoms with Gasteiger partial charge in [0, 0.05) is 13.0 Å². The molecule has 0 heterocycles. The third-order valence-electron chi connectivity index (χ3n) is 2.25. The highest BCUT2D eigenvalue weighted by atomic mass is 35.5. The number of halogens is 2. The van der Waals surface area contributed by atoms with Gasteiger partial charge in [-0.25, -0.2) is 4.39 Å². The van der Waals surface area contributed by atoms with Gasteiger partial charge in [0.25, 0.3) is 0 Å². The number of rotatable bonds is 5. The number of carbonyl (C=O) groups is 1. The van der Waals surface area contributed by atoms with Crippen molar-refractivity contribution in [2.24, 2.45) is 0 Å². The lowest BCUT2D eigenvalue weighted by atomic mass is 10.3. The fraction of sp³-hybridized carbons (Fsp3) is 0.333. The van der Waals surface area contributed by atoms with Crippen molar-refractivity contribution < 1.29 is 13.9 Å². The maximum absolute atomic E-state index is 12.8. The van der Waals surface area contributed by atoms with Gasteiger partial charge >= 0.3 is 5.97 Å². The number of benzene rings is 1. The van der Waals surface area contributed by atoms with Gasteiger partial charge in [-0.2, -0.15) is 0 Å². The summed E-state index contributed by atoms with van der Waals surface area (Å²) in [5, 5.41) is 6.37. The Bertz CT molecular complexity index is 471. The molecule has 0 atom stereocenters. The van der Waals surface area contributed by atoms with E-state index in [1.807, 2.05) is 0 Å². The molecule has 0 aliphatic rings. The van der Waals surface area contributed by atoms with Crippen LogP contribution in [0, 0.1) is 5.82 Å². The Balaban J connectivity index is 2.33. The first-order chi connectivity index (χ1) is 9.02. The summed E-state index contributed by atoms with van der Waals surface area (Å²) in [6.07, 6.45) is 0.926. The maximum Gasteiger partial charge on any atom is 0.305 e. The number of esters is 1. The first kappa shape index (κ1) is 15.7. The smallest absolute Gasteiger partial charge is 0.305 e. The van der Waals surface area contributed by atoms with Crippen LogP contribution in [0.3, 0.4) is 0 Å². The Labute approximate surface area is 121 Å². The minimum atomic E-state index is -0.410. The molecule has 7 heteroatoms. The Hall–Kier alpha value is -1.40. The zero-order chi connectivity index (χ0) is 14.3. The minimum absolute atomic E-state index is 0.249. The third-order valence-corrected chi connectivity index (χ3v) is 2.81. The van der Waals surface area contributed by atoms with Gasteiger partial charge in [-0.3, -0.25) is 4.79 Å². The van der Waals surface area contributed by atoms with Gasteiger partial charge in [-0.15, -0.1) is 0 Å². The highest BCUT2D eigenvalue weighted by Crippen LogP contribution is 2.22. The van der Waals surface area contributed by atoms with E-state index >= 15 is 0 Å². The molecule has 2 N–H and O–H groups in total. The highest BCUT2D eigenvalue weighted by Gasteiger charge is 2.04. The molecule has 1 aromatic carbocycles. The molecule has 0 radical (unpaired) electrons. The van der Waals surface area contributed by atoms with Crippen LogP contribution in [0.4, 0.5) is 10.1 Å². The van der Waals surface area contributed by atoms with Crippen molar-refractivity contribution in [3.8, 4) is 0 Å². The average molecular weight is 305 g/mol. The first-order valence-corrected chi connectivity index (χ1v) is 6.38. The molecule has 0 fully saturated rings. The molecule has 1 aromatic rings. The van der Waals surface area contributed by atoms with Gasteiger partial charge in [-0.1, -0.05) is 11.6 Å². The molecule has 0 aromatic heterocycles. The van der Waals surface area contributed by atoms with Crippen molar-refractivity contribution in [3.63, 3.8) is 0 Å². The Morgan fingerprint density at radius 3 is 2.89 bits per heavy atom. The standard InChI is InChI=1S/C12H14ClFN2O2S/c1-18-11(17)3-2-6-15-12(19)16-10-5-4-8(14)7-9(10)13/h4-5,7H,2-3,6H2,1H3,(H2,15,16,19). The van der Waals surface area contributed by atoms with Gasteiger partial charge in [0.1, 0.15) is 5.82 Å². The number of ether oxygens (including phenoxy) is 1. The molecule has 0 amide bonds. The third kappa shape index (κ3) is 5.85. The van der Waals surface area contributed by atoms with E-state index in [0.29, 0.717) is 30.2 Å². The van der Waals surface area contributed by atoms with E-state index in [-0.39, 0.29) is 11.0 Å². The predicted molar refractivity (Wildman–Crippen MR) is 76.9 cm³/mol. The summed E-state index contributed by atoms with van der Waals surface area (Å²) < 4.78 is 17.3.